The molecule has 0 spiro atoms. The monoisotopic (exact) mass is 535 g/mol. The van der Waals surface area contributed by atoms with E-state index < -0.39 is 36.0 Å². The average Bonchev–Trinajstić information content (AvgIpc) is 2.94. The second-order valence-electron chi connectivity index (χ2n) is 9.15. The molecule has 0 saturated heterocycles. The first-order valence-corrected chi connectivity index (χ1v) is 12.4. The van der Waals surface area contributed by atoms with E-state index in [1.807, 2.05) is 18.2 Å². The summed E-state index contributed by atoms with van der Waals surface area (Å²) in [5.74, 6) is -8.47. The minimum absolute atomic E-state index is 0.00726. The Labute approximate surface area is 222 Å². The Hall–Kier alpha value is -4.47. The molecule has 5 rings (SSSR count). The van der Waals surface area contributed by atoms with E-state index in [0.717, 1.165) is 23.9 Å². The molecule has 1 aliphatic heterocycles. The molecule has 10 heteroatoms. The molecule has 1 aromatic heterocycles. The Morgan fingerprint density at radius 3 is 2.54 bits per heavy atom. The van der Waals surface area contributed by atoms with E-state index in [0.29, 0.717) is 29.8 Å². The van der Waals surface area contributed by atoms with Crippen molar-refractivity contribution < 1.29 is 32.2 Å². The molecule has 39 heavy (non-hydrogen) atoms. The maximum atomic E-state index is 15.6. The highest BCUT2D eigenvalue weighted by atomic mass is 19.3. The van der Waals surface area contributed by atoms with Crippen molar-refractivity contribution in [3.8, 4) is 11.6 Å². The molecule has 0 saturated carbocycles. The van der Waals surface area contributed by atoms with E-state index in [9.17, 15) is 14.0 Å². The van der Waals surface area contributed by atoms with Crippen LogP contribution in [0.25, 0.3) is 11.0 Å². The van der Waals surface area contributed by atoms with Gasteiger partial charge >= 0.3 is 11.9 Å². The Bertz CT molecular complexity index is 1500. The lowest BCUT2D eigenvalue weighted by Crippen LogP contribution is -2.40. The lowest BCUT2D eigenvalue weighted by Gasteiger charge is -2.28. The number of amides is 1. The number of hydrogen-bond donors (Lipinski definition) is 1. The molecule has 7 nitrogen and oxygen atoms in total. The van der Waals surface area contributed by atoms with Gasteiger partial charge in [-0.25, -0.2) is 19.2 Å². The van der Waals surface area contributed by atoms with Crippen LogP contribution in [-0.2, 0) is 9.59 Å². The zero-order chi connectivity index (χ0) is 27.4. The second-order valence-corrected chi connectivity index (χ2v) is 9.15. The van der Waals surface area contributed by atoms with Gasteiger partial charge < -0.3 is 14.8 Å². The Morgan fingerprint density at radius 1 is 1.03 bits per heavy atom. The SMILES string of the molecule is O=C(CCC(c1ccc(F)cc1)C(F)(F)C(=O)Oc1cnc2ccccc2n1)NC1CCOc2ccccc21. The number of esters is 1. The lowest BCUT2D eigenvalue weighted by molar-refractivity contribution is -0.166. The number of nitrogens with one attached hydrogen (secondary N) is 1. The molecule has 0 radical (unpaired) electrons. The average molecular weight is 536 g/mol. The van der Waals surface area contributed by atoms with Gasteiger partial charge in [0, 0.05) is 18.4 Å². The van der Waals surface area contributed by atoms with E-state index in [2.05, 4.69) is 15.3 Å². The quantitative estimate of drug-likeness (QED) is 0.299. The third-order valence-corrected chi connectivity index (χ3v) is 6.56. The molecular formula is C29H24F3N3O4. The van der Waals surface area contributed by atoms with Crippen LogP contribution in [0.5, 0.6) is 11.6 Å². The zero-order valence-corrected chi connectivity index (χ0v) is 20.6. The number of alkyl halides is 2. The topological polar surface area (TPSA) is 90.4 Å². The third kappa shape index (κ3) is 5.84. The highest BCUT2D eigenvalue weighted by molar-refractivity contribution is 5.82. The smallest absolute Gasteiger partial charge is 0.384 e. The predicted molar refractivity (Wildman–Crippen MR) is 136 cm³/mol. The largest absolute Gasteiger partial charge is 0.493 e. The lowest BCUT2D eigenvalue weighted by atomic mass is 9.88. The summed E-state index contributed by atoms with van der Waals surface area (Å²) in [7, 11) is 0. The molecule has 1 N–H and O–H groups in total. The standard InChI is InChI=1S/C29H24F3N3O4/c30-19-11-9-18(10-12-19)21(13-14-26(36)34-22-15-16-38-25-8-4-1-5-20(22)25)29(31,32)28(37)39-27-17-33-23-6-2-3-7-24(23)35-27/h1-12,17,21-22H,13-16H2,(H,34,36). The van der Waals surface area contributed by atoms with Crippen LogP contribution in [-0.4, -0.2) is 34.4 Å². The summed E-state index contributed by atoms with van der Waals surface area (Å²) in [6.07, 6.45) is 0.913. The van der Waals surface area contributed by atoms with Gasteiger partial charge in [0.1, 0.15) is 11.6 Å². The van der Waals surface area contributed by atoms with Crippen molar-refractivity contribution in [1.29, 1.82) is 0 Å². The molecule has 3 aromatic carbocycles. The summed E-state index contributed by atoms with van der Waals surface area (Å²) in [6.45, 7) is 0.405. The normalized spacial score (nSPS) is 15.6. The van der Waals surface area contributed by atoms with Crippen molar-refractivity contribution in [1.82, 2.24) is 15.3 Å². The van der Waals surface area contributed by atoms with E-state index in [1.54, 1.807) is 30.3 Å². The Kier molecular flexibility index (Phi) is 7.44. The summed E-state index contributed by atoms with van der Waals surface area (Å²) in [5, 5.41) is 2.87. The highest BCUT2D eigenvalue weighted by Crippen LogP contribution is 2.39. The molecule has 0 aliphatic carbocycles. The summed E-state index contributed by atoms with van der Waals surface area (Å²) in [6, 6.07) is 18.0. The van der Waals surface area contributed by atoms with Gasteiger partial charge in [0.2, 0.25) is 11.8 Å². The maximum absolute atomic E-state index is 15.6. The number of halogens is 3. The first kappa shape index (κ1) is 26.1. The van der Waals surface area contributed by atoms with Crippen molar-refractivity contribution in [2.24, 2.45) is 0 Å². The van der Waals surface area contributed by atoms with Crippen molar-refractivity contribution in [2.45, 2.75) is 37.1 Å². The van der Waals surface area contributed by atoms with Gasteiger partial charge in [-0.2, -0.15) is 8.78 Å². The number of benzene rings is 3. The van der Waals surface area contributed by atoms with E-state index in [1.165, 1.54) is 12.1 Å². The van der Waals surface area contributed by atoms with Crippen molar-refractivity contribution in [2.75, 3.05) is 6.61 Å². The van der Waals surface area contributed by atoms with E-state index in [4.69, 9.17) is 9.47 Å². The number of carbonyl (C=O) groups is 2. The number of para-hydroxylation sites is 3. The van der Waals surface area contributed by atoms with Gasteiger partial charge in [0.25, 0.3) is 0 Å². The summed E-state index contributed by atoms with van der Waals surface area (Å²) in [5.41, 5.74) is 1.67. The Balaban J connectivity index is 1.32. The number of fused-ring (bicyclic) bond motifs is 2. The number of hydrogen-bond acceptors (Lipinski definition) is 6. The first-order valence-electron chi connectivity index (χ1n) is 12.4. The van der Waals surface area contributed by atoms with Crippen LogP contribution in [0.2, 0.25) is 0 Å². The molecule has 0 fully saturated rings. The molecular weight excluding hydrogens is 511 g/mol. The van der Waals surface area contributed by atoms with Gasteiger partial charge in [-0.3, -0.25) is 4.79 Å². The molecule has 2 heterocycles. The van der Waals surface area contributed by atoms with Crippen molar-refractivity contribution in [3.05, 3.63) is 95.9 Å². The van der Waals surface area contributed by atoms with Crippen molar-refractivity contribution >= 4 is 22.9 Å². The third-order valence-electron chi connectivity index (χ3n) is 6.56. The summed E-state index contributed by atoms with van der Waals surface area (Å²) >= 11 is 0. The molecule has 1 aliphatic rings. The fourth-order valence-electron chi connectivity index (χ4n) is 4.58. The van der Waals surface area contributed by atoms with Crippen molar-refractivity contribution in [3.63, 3.8) is 0 Å². The van der Waals surface area contributed by atoms with E-state index in [-0.39, 0.29) is 23.9 Å². The van der Waals surface area contributed by atoms with Crippen LogP contribution >= 0.6 is 0 Å². The Morgan fingerprint density at radius 2 is 1.74 bits per heavy atom. The van der Waals surface area contributed by atoms with Gasteiger partial charge in [-0.15, -0.1) is 0 Å². The molecule has 4 aromatic rings. The van der Waals surface area contributed by atoms with Crippen LogP contribution in [0.15, 0.2) is 79.0 Å². The number of ether oxygens (including phenoxy) is 2. The zero-order valence-electron chi connectivity index (χ0n) is 20.6. The van der Waals surface area contributed by atoms with Gasteiger partial charge in [-0.05, 0) is 42.3 Å². The number of rotatable bonds is 8. The van der Waals surface area contributed by atoms with Gasteiger partial charge in [0.15, 0.2) is 0 Å². The van der Waals surface area contributed by atoms with Crippen LogP contribution < -0.4 is 14.8 Å². The molecule has 2 atom stereocenters. The highest BCUT2D eigenvalue weighted by Gasteiger charge is 2.50. The summed E-state index contributed by atoms with van der Waals surface area (Å²) in [4.78, 5) is 33.7. The predicted octanol–water partition coefficient (Wildman–Crippen LogP) is 5.51. The minimum Gasteiger partial charge on any atom is -0.493 e. The number of nitrogens with zero attached hydrogens (tertiary/aromatic N) is 2. The fraction of sp³-hybridized carbons (Fsp3) is 0.241. The maximum Gasteiger partial charge on any atom is 0.384 e. The van der Waals surface area contributed by atoms with Crippen LogP contribution in [0.1, 0.15) is 42.3 Å². The van der Waals surface area contributed by atoms with E-state index >= 15 is 8.78 Å². The van der Waals surface area contributed by atoms with Crippen LogP contribution in [0, 0.1) is 5.82 Å². The first-order chi connectivity index (χ1) is 18.8. The van der Waals surface area contributed by atoms with Crippen LogP contribution in [0.3, 0.4) is 0 Å². The molecule has 200 valence electrons. The molecule has 1 amide bonds. The molecule has 0 bridgehead atoms. The van der Waals surface area contributed by atoms with Crippen LogP contribution in [0.4, 0.5) is 13.2 Å². The fourth-order valence-corrected chi connectivity index (χ4v) is 4.58. The second kappa shape index (κ2) is 11.1. The number of carbonyl (C=O) groups excluding carboxylic acids is 2. The molecule has 2 unspecified atom stereocenters. The summed E-state index contributed by atoms with van der Waals surface area (Å²) < 4.78 is 55.3. The van der Waals surface area contributed by atoms with Gasteiger partial charge in [0.05, 0.1) is 35.8 Å². The van der Waals surface area contributed by atoms with Gasteiger partial charge in [-0.1, -0.05) is 42.5 Å². The number of aromatic nitrogens is 2. The minimum atomic E-state index is -4.06.